The van der Waals surface area contributed by atoms with Crippen molar-refractivity contribution in [3.63, 3.8) is 0 Å². The highest BCUT2D eigenvalue weighted by atomic mass is 16.5. The van der Waals surface area contributed by atoms with Crippen molar-refractivity contribution < 1.29 is 9.53 Å². The molecule has 2 atom stereocenters. The Morgan fingerprint density at radius 1 is 1.38 bits per heavy atom. The van der Waals surface area contributed by atoms with Crippen molar-refractivity contribution in [1.29, 1.82) is 0 Å². The van der Waals surface area contributed by atoms with Crippen LogP contribution in [0.2, 0.25) is 0 Å². The Bertz CT molecular complexity index is 196. The summed E-state index contributed by atoms with van der Waals surface area (Å²) in [7, 11) is 0. The summed E-state index contributed by atoms with van der Waals surface area (Å²) in [5.41, 5.74) is -0.303. The van der Waals surface area contributed by atoms with E-state index in [0.29, 0.717) is 12.5 Å². The van der Waals surface area contributed by atoms with Crippen molar-refractivity contribution in [2.24, 2.45) is 11.3 Å². The first kappa shape index (κ1) is 10.5. The van der Waals surface area contributed by atoms with Crippen molar-refractivity contribution in [3.8, 4) is 0 Å². The number of amides is 1. The molecule has 0 radical (unpaired) electrons. The summed E-state index contributed by atoms with van der Waals surface area (Å²) in [5.74, 6) is 0.543. The maximum absolute atomic E-state index is 11.6. The Hall–Kier alpha value is -0.570. The van der Waals surface area contributed by atoms with Crippen molar-refractivity contribution >= 4 is 5.91 Å². The minimum atomic E-state index is -0.303. The summed E-state index contributed by atoms with van der Waals surface area (Å²) in [6, 6.07) is 0.201. The number of hydrogen-bond donors (Lipinski definition) is 1. The second-order valence-electron chi connectivity index (χ2n) is 4.84. The van der Waals surface area contributed by atoms with Gasteiger partial charge in [0, 0.05) is 11.3 Å². The average Bonchev–Trinajstić information content (AvgIpc) is 2.34. The van der Waals surface area contributed by atoms with E-state index in [1.165, 1.54) is 0 Å². The Kier molecular flexibility index (Phi) is 2.96. The van der Waals surface area contributed by atoms with E-state index in [4.69, 9.17) is 4.74 Å². The van der Waals surface area contributed by atoms with Gasteiger partial charge in [0.15, 0.2) is 0 Å². The minimum absolute atomic E-state index is 0.106. The lowest BCUT2D eigenvalue weighted by Crippen LogP contribution is -2.44. The van der Waals surface area contributed by atoms with Crippen LogP contribution in [0.3, 0.4) is 0 Å². The summed E-state index contributed by atoms with van der Waals surface area (Å²) in [4.78, 5) is 11.6. The first-order chi connectivity index (χ1) is 5.91. The molecule has 0 bridgehead atoms. The van der Waals surface area contributed by atoms with Crippen LogP contribution in [0.5, 0.6) is 0 Å². The Balaban J connectivity index is 2.45. The lowest BCUT2D eigenvalue weighted by Gasteiger charge is -2.22. The summed E-state index contributed by atoms with van der Waals surface area (Å²) in [5, 5.41) is 3.00. The molecule has 0 aromatic carbocycles. The van der Waals surface area contributed by atoms with E-state index in [9.17, 15) is 4.79 Å². The zero-order valence-corrected chi connectivity index (χ0v) is 8.89. The van der Waals surface area contributed by atoms with Crippen LogP contribution >= 0.6 is 0 Å². The van der Waals surface area contributed by atoms with Gasteiger partial charge in [0.05, 0.1) is 19.3 Å². The molecule has 1 fully saturated rings. The van der Waals surface area contributed by atoms with E-state index in [2.05, 4.69) is 12.2 Å². The van der Waals surface area contributed by atoms with Crippen molar-refractivity contribution in [2.75, 3.05) is 13.2 Å². The number of carbonyl (C=O) groups excluding carboxylic acids is 1. The SMILES string of the molecule is CC1COCC1NC(=O)C(C)(C)C. The second-order valence-corrected chi connectivity index (χ2v) is 4.84. The molecule has 0 saturated carbocycles. The van der Waals surface area contributed by atoms with Gasteiger partial charge in [-0.05, 0) is 0 Å². The summed E-state index contributed by atoms with van der Waals surface area (Å²) in [6.45, 7) is 9.27. The molecular formula is C10H19NO2. The molecule has 13 heavy (non-hydrogen) atoms. The van der Waals surface area contributed by atoms with Crippen LogP contribution in [0.4, 0.5) is 0 Å². The van der Waals surface area contributed by atoms with Gasteiger partial charge < -0.3 is 10.1 Å². The van der Waals surface area contributed by atoms with Crippen molar-refractivity contribution in [1.82, 2.24) is 5.32 Å². The van der Waals surface area contributed by atoms with Crippen LogP contribution < -0.4 is 5.32 Å². The molecule has 1 aliphatic heterocycles. The second kappa shape index (κ2) is 3.66. The highest BCUT2D eigenvalue weighted by Crippen LogP contribution is 2.17. The largest absolute Gasteiger partial charge is 0.379 e. The van der Waals surface area contributed by atoms with Crippen LogP contribution in [0.1, 0.15) is 27.7 Å². The molecule has 2 unspecified atom stereocenters. The van der Waals surface area contributed by atoms with Crippen LogP contribution in [-0.4, -0.2) is 25.2 Å². The van der Waals surface area contributed by atoms with Gasteiger partial charge in [0.2, 0.25) is 5.91 Å². The predicted octanol–water partition coefficient (Wildman–Crippen LogP) is 1.18. The molecule has 0 aliphatic carbocycles. The smallest absolute Gasteiger partial charge is 0.225 e. The molecule has 3 heteroatoms. The highest BCUT2D eigenvalue weighted by molar-refractivity contribution is 5.81. The molecule has 1 amide bonds. The maximum Gasteiger partial charge on any atom is 0.225 e. The number of rotatable bonds is 1. The Labute approximate surface area is 79.8 Å². The van der Waals surface area contributed by atoms with Gasteiger partial charge in [0.25, 0.3) is 0 Å². The molecule has 1 rings (SSSR count). The molecule has 1 aliphatic rings. The van der Waals surface area contributed by atoms with Crippen LogP contribution in [0, 0.1) is 11.3 Å². The normalized spacial score (nSPS) is 28.9. The zero-order chi connectivity index (χ0) is 10.1. The molecule has 1 saturated heterocycles. The van der Waals surface area contributed by atoms with Gasteiger partial charge in [-0.3, -0.25) is 4.79 Å². The standard InChI is InChI=1S/C10H19NO2/c1-7-5-13-6-8(7)11-9(12)10(2,3)4/h7-8H,5-6H2,1-4H3,(H,11,12). The fraction of sp³-hybridized carbons (Fsp3) is 0.900. The van der Waals surface area contributed by atoms with Gasteiger partial charge in [-0.1, -0.05) is 27.7 Å². The van der Waals surface area contributed by atoms with E-state index in [1.54, 1.807) is 0 Å². The lowest BCUT2D eigenvalue weighted by molar-refractivity contribution is -0.129. The summed E-state index contributed by atoms with van der Waals surface area (Å²) in [6.07, 6.45) is 0. The van der Waals surface area contributed by atoms with Crippen LogP contribution in [0.25, 0.3) is 0 Å². The van der Waals surface area contributed by atoms with Crippen LogP contribution in [-0.2, 0) is 9.53 Å². The number of carbonyl (C=O) groups is 1. The quantitative estimate of drug-likeness (QED) is 0.666. The van der Waals surface area contributed by atoms with Gasteiger partial charge in [-0.2, -0.15) is 0 Å². The zero-order valence-electron chi connectivity index (χ0n) is 8.89. The average molecular weight is 185 g/mol. The molecule has 0 aromatic rings. The molecule has 3 nitrogen and oxygen atoms in total. The first-order valence-electron chi connectivity index (χ1n) is 4.80. The molecular weight excluding hydrogens is 166 g/mol. The van der Waals surface area contributed by atoms with E-state index < -0.39 is 0 Å². The first-order valence-corrected chi connectivity index (χ1v) is 4.80. The lowest BCUT2D eigenvalue weighted by atomic mass is 9.94. The Morgan fingerprint density at radius 3 is 2.38 bits per heavy atom. The third-order valence-electron chi connectivity index (χ3n) is 2.36. The minimum Gasteiger partial charge on any atom is -0.379 e. The van der Waals surface area contributed by atoms with E-state index >= 15 is 0 Å². The molecule has 76 valence electrons. The summed E-state index contributed by atoms with van der Waals surface area (Å²) >= 11 is 0. The fourth-order valence-corrected chi connectivity index (χ4v) is 1.23. The monoisotopic (exact) mass is 185 g/mol. The van der Waals surface area contributed by atoms with E-state index in [0.717, 1.165) is 6.61 Å². The van der Waals surface area contributed by atoms with E-state index in [1.807, 2.05) is 20.8 Å². The van der Waals surface area contributed by atoms with Crippen molar-refractivity contribution in [2.45, 2.75) is 33.7 Å². The third kappa shape index (κ3) is 2.69. The van der Waals surface area contributed by atoms with Crippen LogP contribution in [0.15, 0.2) is 0 Å². The number of hydrogen-bond acceptors (Lipinski definition) is 2. The van der Waals surface area contributed by atoms with Gasteiger partial charge in [-0.15, -0.1) is 0 Å². The topological polar surface area (TPSA) is 38.3 Å². The van der Waals surface area contributed by atoms with Gasteiger partial charge in [-0.25, -0.2) is 0 Å². The van der Waals surface area contributed by atoms with E-state index in [-0.39, 0.29) is 17.4 Å². The molecule has 1 heterocycles. The maximum atomic E-state index is 11.6. The number of nitrogens with one attached hydrogen (secondary N) is 1. The molecule has 1 N–H and O–H groups in total. The molecule has 0 spiro atoms. The Morgan fingerprint density at radius 2 is 2.00 bits per heavy atom. The predicted molar refractivity (Wildman–Crippen MR) is 51.4 cm³/mol. The highest BCUT2D eigenvalue weighted by Gasteiger charge is 2.29. The third-order valence-corrected chi connectivity index (χ3v) is 2.36. The van der Waals surface area contributed by atoms with Gasteiger partial charge >= 0.3 is 0 Å². The summed E-state index contributed by atoms with van der Waals surface area (Å²) < 4.78 is 5.27. The fourth-order valence-electron chi connectivity index (χ4n) is 1.23. The molecule has 0 aromatic heterocycles. The van der Waals surface area contributed by atoms with Gasteiger partial charge in [0.1, 0.15) is 0 Å². The van der Waals surface area contributed by atoms with Crippen molar-refractivity contribution in [3.05, 3.63) is 0 Å². The number of ether oxygens (including phenoxy) is 1.